The van der Waals surface area contributed by atoms with Gasteiger partial charge in [0.05, 0.1) is 17.9 Å². The number of benzene rings is 1. The minimum absolute atomic E-state index is 0.125. The van der Waals surface area contributed by atoms with Crippen molar-refractivity contribution in [3.8, 4) is 11.1 Å². The molecule has 2 aliphatic heterocycles. The number of hydrogen-bond acceptors (Lipinski definition) is 4. The molecule has 126 valence electrons. The lowest BCUT2D eigenvalue weighted by Crippen LogP contribution is -2.33. The van der Waals surface area contributed by atoms with Gasteiger partial charge < -0.3 is 16.4 Å². The minimum atomic E-state index is -0.222. The molecule has 2 heterocycles. The number of aromatic amines is 1. The molecule has 5 N–H and O–H groups in total. The highest BCUT2D eigenvalue weighted by molar-refractivity contribution is 6.01. The number of aromatic nitrogens is 2. The van der Waals surface area contributed by atoms with Crippen LogP contribution in [0.2, 0.25) is 0 Å². The van der Waals surface area contributed by atoms with Crippen molar-refractivity contribution in [1.82, 2.24) is 20.8 Å². The molecule has 0 unspecified atom stereocenters. The van der Waals surface area contributed by atoms with Crippen LogP contribution in [0.25, 0.3) is 17.2 Å². The molecule has 1 aromatic rings. The molecule has 6 heteroatoms. The molecule has 1 amide bonds. The zero-order valence-electron chi connectivity index (χ0n) is 13.6. The lowest BCUT2D eigenvalue weighted by molar-refractivity contribution is 0.0937. The number of nitrogens with two attached hydrogens (primary N) is 1. The Hall–Kier alpha value is -3.12. The highest BCUT2D eigenvalue weighted by Gasteiger charge is 2.25. The van der Waals surface area contributed by atoms with Gasteiger partial charge in [-0.2, -0.15) is 5.10 Å². The first-order chi connectivity index (χ1) is 12.3. The van der Waals surface area contributed by atoms with Crippen molar-refractivity contribution in [3.05, 3.63) is 71.2 Å². The highest BCUT2D eigenvalue weighted by Crippen LogP contribution is 2.35. The third-order valence-corrected chi connectivity index (χ3v) is 4.51. The minimum Gasteiger partial charge on any atom is -0.387 e. The Morgan fingerprint density at radius 1 is 1.32 bits per heavy atom. The lowest BCUT2D eigenvalue weighted by Gasteiger charge is -2.17. The molecule has 0 saturated carbocycles. The topological polar surface area (TPSA) is 95.8 Å². The van der Waals surface area contributed by atoms with Crippen LogP contribution in [0.1, 0.15) is 33.2 Å². The molecular weight excluding hydrogens is 314 g/mol. The SMILES string of the molecule is NC[C@@H](NC(=O)c1cc2cn[nH]c3c-2c1CNC=C3)c1ccccc1. The molecule has 4 rings (SSSR count). The molecule has 1 aliphatic carbocycles. The van der Waals surface area contributed by atoms with Gasteiger partial charge in [-0.3, -0.25) is 9.89 Å². The summed E-state index contributed by atoms with van der Waals surface area (Å²) in [6.07, 6.45) is 5.54. The van der Waals surface area contributed by atoms with Gasteiger partial charge in [-0.05, 0) is 29.5 Å². The van der Waals surface area contributed by atoms with Crippen LogP contribution in [-0.2, 0) is 6.54 Å². The summed E-state index contributed by atoms with van der Waals surface area (Å²) in [6.45, 7) is 0.929. The molecule has 6 nitrogen and oxygen atoms in total. The first kappa shape index (κ1) is 15.4. The average Bonchev–Trinajstić information content (AvgIpc) is 2.89. The Morgan fingerprint density at radius 3 is 2.96 bits per heavy atom. The van der Waals surface area contributed by atoms with Crippen LogP contribution in [-0.4, -0.2) is 22.6 Å². The van der Waals surface area contributed by atoms with E-state index in [-0.39, 0.29) is 11.9 Å². The molecule has 0 fully saturated rings. The fourth-order valence-electron chi connectivity index (χ4n) is 3.28. The van der Waals surface area contributed by atoms with E-state index in [2.05, 4.69) is 20.8 Å². The second kappa shape index (κ2) is 6.41. The second-order valence-corrected chi connectivity index (χ2v) is 6.04. The molecule has 0 radical (unpaired) electrons. The summed E-state index contributed by atoms with van der Waals surface area (Å²) >= 11 is 0. The highest BCUT2D eigenvalue weighted by atomic mass is 16.1. The smallest absolute Gasteiger partial charge is 0.252 e. The fraction of sp³-hybridized carbons (Fsp3) is 0.158. The van der Waals surface area contributed by atoms with Gasteiger partial charge in [0.15, 0.2) is 0 Å². The molecule has 0 aromatic heterocycles. The van der Waals surface area contributed by atoms with Gasteiger partial charge >= 0.3 is 0 Å². The number of nitrogens with zero attached hydrogens (tertiary/aromatic N) is 1. The summed E-state index contributed by atoms with van der Waals surface area (Å²) in [5.74, 6) is -0.125. The van der Waals surface area contributed by atoms with E-state index in [0.29, 0.717) is 18.7 Å². The van der Waals surface area contributed by atoms with Gasteiger partial charge in [-0.25, -0.2) is 0 Å². The summed E-state index contributed by atoms with van der Waals surface area (Å²) in [5.41, 5.74) is 11.4. The first-order valence-electron chi connectivity index (χ1n) is 8.22. The number of rotatable bonds is 4. The van der Waals surface area contributed by atoms with Crippen molar-refractivity contribution in [3.63, 3.8) is 0 Å². The number of H-pyrrole nitrogens is 1. The molecule has 3 aliphatic rings. The predicted molar refractivity (Wildman–Crippen MR) is 96.8 cm³/mol. The normalized spacial score (nSPS) is 14.0. The van der Waals surface area contributed by atoms with E-state index in [0.717, 1.165) is 27.9 Å². The van der Waals surface area contributed by atoms with E-state index < -0.39 is 0 Å². The summed E-state index contributed by atoms with van der Waals surface area (Å²) in [4.78, 5) is 12.9. The standard InChI is InChI=1S/C19H19N5O/c20-9-17(12-4-2-1-3-5-12)23-19(25)14-8-13-10-22-24-16-6-7-21-11-15(14)18(13)16/h1-8,10,17,21,24H,9,11,20H2,(H,23,25)/t17-/m1/s1. The van der Waals surface area contributed by atoms with Crippen LogP contribution >= 0.6 is 0 Å². The van der Waals surface area contributed by atoms with Crippen molar-refractivity contribution < 1.29 is 4.79 Å². The molecule has 0 bridgehead atoms. The monoisotopic (exact) mass is 333 g/mol. The van der Waals surface area contributed by atoms with Gasteiger partial charge in [0.2, 0.25) is 0 Å². The van der Waals surface area contributed by atoms with Gasteiger partial charge in [-0.15, -0.1) is 0 Å². The van der Waals surface area contributed by atoms with Gasteiger partial charge in [0.25, 0.3) is 5.91 Å². The van der Waals surface area contributed by atoms with Crippen molar-refractivity contribution in [2.45, 2.75) is 12.6 Å². The number of hydrogen-bond donors (Lipinski definition) is 4. The number of nitrogens with one attached hydrogen (secondary N) is 3. The summed E-state index contributed by atoms with van der Waals surface area (Å²) in [7, 11) is 0. The maximum Gasteiger partial charge on any atom is 0.252 e. The van der Waals surface area contributed by atoms with Gasteiger partial charge in [-0.1, -0.05) is 30.3 Å². The van der Waals surface area contributed by atoms with E-state index in [1.807, 2.05) is 48.7 Å². The Bertz CT molecular complexity index is 900. The van der Waals surface area contributed by atoms with Crippen LogP contribution in [0.5, 0.6) is 0 Å². The molecule has 25 heavy (non-hydrogen) atoms. The van der Waals surface area contributed by atoms with Crippen molar-refractivity contribution >= 4 is 12.0 Å². The zero-order chi connectivity index (χ0) is 17.2. The molecule has 1 atom stereocenters. The molecular formula is C19H19N5O. The Morgan fingerprint density at radius 2 is 2.16 bits per heavy atom. The number of carbonyl (C=O) groups is 1. The van der Waals surface area contributed by atoms with Crippen LogP contribution in [0, 0.1) is 0 Å². The van der Waals surface area contributed by atoms with Gasteiger partial charge in [0.1, 0.15) is 0 Å². The Balaban J connectivity index is 1.69. The van der Waals surface area contributed by atoms with E-state index in [9.17, 15) is 4.79 Å². The molecule has 0 spiro atoms. The number of amides is 1. The first-order valence-corrected chi connectivity index (χ1v) is 8.22. The van der Waals surface area contributed by atoms with Gasteiger partial charge in [0, 0.05) is 29.8 Å². The lowest BCUT2D eigenvalue weighted by atomic mass is 10.0. The van der Waals surface area contributed by atoms with Crippen LogP contribution in [0.4, 0.5) is 0 Å². The van der Waals surface area contributed by atoms with E-state index >= 15 is 0 Å². The number of carbonyl (C=O) groups excluding carboxylic acids is 1. The van der Waals surface area contributed by atoms with Crippen molar-refractivity contribution in [2.24, 2.45) is 5.73 Å². The predicted octanol–water partition coefficient (Wildman–Crippen LogP) is 2.02. The third kappa shape index (κ3) is 2.77. The van der Waals surface area contributed by atoms with Crippen LogP contribution in [0.15, 0.2) is 48.8 Å². The average molecular weight is 333 g/mol. The Kier molecular flexibility index (Phi) is 3.95. The zero-order valence-corrected chi connectivity index (χ0v) is 13.6. The van der Waals surface area contributed by atoms with E-state index in [4.69, 9.17) is 5.73 Å². The molecule has 0 saturated heterocycles. The summed E-state index contributed by atoms with van der Waals surface area (Å²) in [6, 6.07) is 11.4. The van der Waals surface area contributed by atoms with E-state index in [1.54, 1.807) is 6.20 Å². The van der Waals surface area contributed by atoms with Crippen LogP contribution < -0.4 is 16.4 Å². The quantitative estimate of drug-likeness (QED) is 0.587. The Labute approximate surface area is 145 Å². The largest absolute Gasteiger partial charge is 0.387 e. The summed E-state index contributed by atoms with van der Waals surface area (Å²) < 4.78 is 0. The maximum absolute atomic E-state index is 12.9. The molecule has 1 aromatic carbocycles. The second-order valence-electron chi connectivity index (χ2n) is 6.04. The van der Waals surface area contributed by atoms with E-state index in [1.165, 1.54) is 0 Å². The maximum atomic E-state index is 12.9. The van der Waals surface area contributed by atoms with Crippen molar-refractivity contribution in [1.29, 1.82) is 0 Å². The summed E-state index contributed by atoms with van der Waals surface area (Å²) in [5, 5.41) is 13.4. The fourth-order valence-corrected chi connectivity index (χ4v) is 3.28. The third-order valence-electron chi connectivity index (χ3n) is 4.51. The van der Waals surface area contributed by atoms with Crippen molar-refractivity contribution in [2.75, 3.05) is 6.54 Å². The van der Waals surface area contributed by atoms with Crippen LogP contribution in [0.3, 0.4) is 0 Å².